The largest absolute Gasteiger partial charge is 0.497 e. The highest BCUT2D eigenvalue weighted by molar-refractivity contribution is 7.89. The third-order valence-electron chi connectivity index (χ3n) is 5.18. The lowest BCUT2D eigenvalue weighted by molar-refractivity contribution is 0.102. The molecule has 1 fully saturated rings. The molecule has 31 heavy (non-hydrogen) atoms. The zero-order valence-corrected chi connectivity index (χ0v) is 18.9. The number of carbonyl (C=O) groups excluding carboxylic acids is 1. The number of rotatable bonds is 6. The van der Waals surface area contributed by atoms with Crippen molar-refractivity contribution < 1.29 is 17.9 Å². The number of nitrogens with zero attached hydrogens (tertiary/aromatic N) is 2. The van der Waals surface area contributed by atoms with Crippen LogP contribution in [-0.4, -0.2) is 43.8 Å². The molecule has 162 valence electrons. The highest BCUT2D eigenvalue weighted by atomic mass is 32.2. The first kappa shape index (κ1) is 21.5. The SMILES string of the molecule is COc1ccc(-c2nc(NC(=O)c3cccc(S(=O)(=O)N4CCCC4)c3)sc2C)cc1. The molecule has 1 N–H and O–H groups in total. The van der Waals surface area contributed by atoms with Gasteiger partial charge in [0.25, 0.3) is 5.91 Å². The van der Waals surface area contributed by atoms with Gasteiger partial charge in [-0.25, -0.2) is 13.4 Å². The minimum atomic E-state index is -3.58. The molecule has 9 heteroatoms. The van der Waals surface area contributed by atoms with Gasteiger partial charge < -0.3 is 4.74 Å². The number of nitrogens with one attached hydrogen (secondary N) is 1. The molecule has 0 aliphatic carbocycles. The molecule has 2 heterocycles. The van der Waals surface area contributed by atoms with E-state index in [0.29, 0.717) is 18.2 Å². The van der Waals surface area contributed by atoms with Crippen LogP contribution >= 0.6 is 11.3 Å². The Hall–Kier alpha value is -2.75. The second kappa shape index (κ2) is 8.78. The van der Waals surface area contributed by atoms with Crippen LogP contribution in [0.15, 0.2) is 53.4 Å². The van der Waals surface area contributed by atoms with E-state index in [2.05, 4.69) is 10.3 Å². The van der Waals surface area contributed by atoms with Crippen molar-refractivity contribution in [2.45, 2.75) is 24.7 Å². The fourth-order valence-corrected chi connectivity index (χ4v) is 5.91. The molecule has 0 radical (unpaired) electrons. The minimum absolute atomic E-state index is 0.135. The molecule has 1 aliphatic heterocycles. The van der Waals surface area contributed by atoms with Gasteiger partial charge in [0.2, 0.25) is 10.0 Å². The van der Waals surface area contributed by atoms with Gasteiger partial charge in [0.15, 0.2) is 5.13 Å². The Bertz CT molecular complexity index is 1200. The van der Waals surface area contributed by atoms with Crippen LogP contribution in [0.25, 0.3) is 11.3 Å². The maximum Gasteiger partial charge on any atom is 0.257 e. The van der Waals surface area contributed by atoms with Crippen LogP contribution in [-0.2, 0) is 10.0 Å². The van der Waals surface area contributed by atoms with E-state index in [4.69, 9.17) is 4.74 Å². The van der Waals surface area contributed by atoms with Gasteiger partial charge in [-0.05, 0) is 62.2 Å². The van der Waals surface area contributed by atoms with Crippen molar-refractivity contribution in [1.29, 1.82) is 0 Å². The van der Waals surface area contributed by atoms with Crippen LogP contribution in [0.3, 0.4) is 0 Å². The highest BCUT2D eigenvalue weighted by Gasteiger charge is 2.27. The van der Waals surface area contributed by atoms with E-state index in [1.165, 1.54) is 27.8 Å². The number of aromatic nitrogens is 1. The summed E-state index contributed by atoms with van der Waals surface area (Å²) in [6.45, 7) is 2.98. The van der Waals surface area contributed by atoms with E-state index in [1.54, 1.807) is 19.2 Å². The van der Waals surface area contributed by atoms with Gasteiger partial charge in [0.1, 0.15) is 5.75 Å². The Morgan fingerprint density at radius 1 is 1.13 bits per heavy atom. The van der Waals surface area contributed by atoms with Crippen molar-refractivity contribution >= 4 is 32.4 Å². The van der Waals surface area contributed by atoms with Crippen LogP contribution in [0.4, 0.5) is 5.13 Å². The number of ether oxygens (including phenoxy) is 1. The first-order valence-corrected chi connectivity index (χ1v) is 12.2. The molecule has 0 bridgehead atoms. The molecule has 2 aromatic carbocycles. The quantitative estimate of drug-likeness (QED) is 0.600. The molecular weight excluding hydrogens is 434 g/mol. The molecule has 0 unspecified atom stereocenters. The minimum Gasteiger partial charge on any atom is -0.497 e. The highest BCUT2D eigenvalue weighted by Crippen LogP contribution is 2.31. The third-order valence-corrected chi connectivity index (χ3v) is 7.96. The number of thiazole rings is 1. The zero-order chi connectivity index (χ0) is 22.0. The monoisotopic (exact) mass is 457 g/mol. The second-order valence-corrected chi connectivity index (χ2v) is 10.4. The average molecular weight is 458 g/mol. The molecule has 3 aromatic rings. The predicted molar refractivity (Wildman–Crippen MR) is 121 cm³/mol. The summed E-state index contributed by atoms with van der Waals surface area (Å²) in [5.41, 5.74) is 1.99. The predicted octanol–water partition coefficient (Wildman–Crippen LogP) is 4.16. The van der Waals surface area contributed by atoms with Gasteiger partial charge in [-0.1, -0.05) is 6.07 Å². The summed E-state index contributed by atoms with van der Waals surface area (Å²) in [6.07, 6.45) is 1.72. The van der Waals surface area contributed by atoms with Crippen molar-refractivity contribution in [1.82, 2.24) is 9.29 Å². The molecule has 0 atom stereocenters. The molecule has 1 aliphatic rings. The van der Waals surface area contributed by atoms with E-state index < -0.39 is 15.9 Å². The van der Waals surface area contributed by atoms with Crippen LogP contribution < -0.4 is 10.1 Å². The first-order chi connectivity index (χ1) is 14.9. The summed E-state index contributed by atoms with van der Waals surface area (Å²) in [4.78, 5) is 18.4. The Morgan fingerprint density at radius 2 is 1.84 bits per heavy atom. The standard InChI is InChI=1S/C22H23N3O4S2/c1-15-20(16-8-10-18(29-2)11-9-16)23-22(30-15)24-21(26)17-6-5-7-19(14-17)31(27,28)25-12-3-4-13-25/h5-11,14H,3-4,12-13H2,1-2H3,(H,23,24,26). The molecule has 1 amide bonds. The van der Waals surface area contributed by atoms with Crippen molar-refractivity contribution in [3.63, 3.8) is 0 Å². The van der Waals surface area contributed by atoms with Crippen LogP contribution in [0.2, 0.25) is 0 Å². The molecule has 0 spiro atoms. The Labute approximate surface area is 185 Å². The van der Waals surface area contributed by atoms with Crippen molar-refractivity contribution in [3.8, 4) is 17.0 Å². The molecule has 7 nitrogen and oxygen atoms in total. The second-order valence-electron chi connectivity index (χ2n) is 7.25. The normalized spacial score (nSPS) is 14.5. The van der Waals surface area contributed by atoms with E-state index >= 15 is 0 Å². The number of anilines is 1. The van der Waals surface area contributed by atoms with Gasteiger partial charge >= 0.3 is 0 Å². The Morgan fingerprint density at radius 3 is 2.52 bits per heavy atom. The number of hydrogen-bond acceptors (Lipinski definition) is 6. The third kappa shape index (κ3) is 4.48. The first-order valence-electron chi connectivity index (χ1n) is 9.92. The number of carbonyl (C=O) groups is 1. The molecule has 1 aromatic heterocycles. The maximum absolute atomic E-state index is 12.8. The summed E-state index contributed by atoms with van der Waals surface area (Å²) < 4.78 is 32.2. The number of sulfonamides is 1. The number of aryl methyl sites for hydroxylation is 1. The van der Waals surface area contributed by atoms with Crippen LogP contribution in [0.1, 0.15) is 28.1 Å². The maximum atomic E-state index is 12.8. The van der Waals surface area contributed by atoms with Gasteiger partial charge in [-0.2, -0.15) is 4.31 Å². The molecular formula is C22H23N3O4S2. The number of methoxy groups -OCH3 is 1. The van der Waals surface area contributed by atoms with Crippen molar-refractivity contribution in [2.24, 2.45) is 0 Å². The van der Waals surface area contributed by atoms with Crippen LogP contribution in [0, 0.1) is 6.92 Å². The number of hydrogen-bond donors (Lipinski definition) is 1. The Kier molecular flexibility index (Phi) is 6.08. The van der Waals surface area contributed by atoms with E-state index in [1.807, 2.05) is 31.2 Å². The lowest BCUT2D eigenvalue weighted by Gasteiger charge is -2.15. The summed E-state index contributed by atoms with van der Waals surface area (Å²) in [6, 6.07) is 13.7. The molecule has 1 saturated heterocycles. The zero-order valence-electron chi connectivity index (χ0n) is 17.3. The summed E-state index contributed by atoms with van der Waals surface area (Å²) in [5, 5.41) is 3.25. The van der Waals surface area contributed by atoms with Crippen molar-refractivity contribution in [3.05, 3.63) is 59.0 Å². The number of benzene rings is 2. The fourth-order valence-electron chi connectivity index (χ4n) is 3.51. The van der Waals surface area contributed by atoms with Gasteiger partial charge in [-0.15, -0.1) is 11.3 Å². The van der Waals surface area contributed by atoms with E-state index in [9.17, 15) is 13.2 Å². The van der Waals surface area contributed by atoms with E-state index in [-0.39, 0.29) is 10.5 Å². The molecule has 4 rings (SSSR count). The van der Waals surface area contributed by atoms with E-state index in [0.717, 1.165) is 34.7 Å². The Balaban J connectivity index is 1.54. The summed E-state index contributed by atoms with van der Waals surface area (Å²) >= 11 is 1.37. The van der Waals surface area contributed by atoms with Gasteiger partial charge in [0.05, 0.1) is 17.7 Å². The summed E-state index contributed by atoms with van der Waals surface area (Å²) in [5.74, 6) is 0.363. The smallest absolute Gasteiger partial charge is 0.257 e. The fraction of sp³-hybridized carbons (Fsp3) is 0.273. The van der Waals surface area contributed by atoms with Crippen LogP contribution in [0.5, 0.6) is 5.75 Å². The molecule has 0 saturated carbocycles. The lowest BCUT2D eigenvalue weighted by atomic mass is 10.1. The van der Waals surface area contributed by atoms with Gasteiger partial charge in [0, 0.05) is 29.1 Å². The number of amides is 1. The summed E-state index contributed by atoms with van der Waals surface area (Å²) in [7, 11) is -1.97. The average Bonchev–Trinajstić information content (AvgIpc) is 3.44. The van der Waals surface area contributed by atoms with Crippen molar-refractivity contribution in [2.75, 3.05) is 25.5 Å². The lowest BCUT2D eigenvalue weighted by Crippen LogP contribution is -2.28. The topological polar surface area (TPSA) is 88.6 Å². The van der Waals surface area contributed by atoms with Gasteiger partial charge in [-0.3, -0.25) is 10.1 Å².